The quantitative estimate of drug-likeness (QED) is 0.636. The molecule has 180 valence electrons. The first-order valence-electron chi connectivity index (χ1n) is 10.5. The normalized spacial score (nSPS) is 20.5. The summed E-state index contributed by atoms with van der Waals surface area (Å²) in [6.07, 6.45) is 1.08. The van der Waals surface area contributed by atoms with E-state index in [1.54, 1.807) is 26.8 Å². The van der Waals surface area contributed by atoms with Crippen molar-refractivity contribution in [2.45, 2.75) is 51.3 Å². The van der Waals surface area contributed by atoms with E-state index in [1.165, 1.54) is 23.3 Å². The van der Waals surface area contributed by atoms with Crippen molar-refractivity contribution in [2.75, 3.05) is 12.8 Å². The molecule has 1 fully saturated rings. The number of rotatable bonds is 5. The third kappa shape index (κ3) is 6.48. The minimum Gasteiger partial charge on any atom is -0.444 e. The van der Waals surface area contributed by atoms with Crippen LogP contribution in [0.3, 0.4) is 0 Å². The number of hydrogen-bond acceptors (Lipinski definition) is 4. The van der Waals surface area contributed by atoms with Gasteiger partial charge in [0.25, 0.3) is 0 Å². The van der Waals surface area contributed by atoms with Crippen molar-refractivity contribution in [3.05, 3.63) is 59.4 Å². The molecule has 1 heterocycles. The van der Waals surface area contributed by atoms with Crippen LogP contribution in [0.4, 0.5) is 18.0 Å². The SMILES string of the molecule is CC(C)(C)OC(=O)N1CC[C@H](NS(C)(=N)=O)[C@@H]1Cc1cccc(-c2cc(F)cc(F)c2)c1F. The maximum atomic E-state index is 15.4. The third-order valence-electron chi connectivity index (χ3n) is 5.23. The Balaban J connectivity index is 1.96. The summed E-state index contributed by atoms with van der Waals surface area (Å²) in [6.45, 7) is 5.48. The zero-order valence-electron chi connectivity index (χ0n) is 19.0. The molecule has 1 unspecified atom stereocenters. The average molecular weight is 484 g/mol. The van der Waals surface area contributed by atoms with E-state index in [1.807, 2.05) is 0 Å². The first-order chi connectivity index (χ1) is 15.2. The Labute approximate surface area is 192 Å². The number of halogens is 3. The van der Waals surface area contributed by atoms with Gasteiger partial charge in [-0.25, -0.2) is 31.7 Å². The second-order valence-electron chi connectivity index (χ2n) is 9.24. The molecule has 0 saturated carbocycles. The number of hydrogen-bond donors (Lipinski definition) is 2. The van der Waals surface area contributed by atoms with E-state index < -0.39 is 51.1 Å². The summed E-state index contributed by atoms with van der Waals surface area (Å²) in [5.74, 6) is -2.31. The van der Waals surface area contributed by atoms with Gasteiger partial charge in [0.1, 0.15) is 33.0 Å². The molecule has 2 N–H and O–H groups in total. The fourth-order valence-corrected chi connectivity index (χ4v) is 4.83. The van der Waals surface area contributed by atoms with Crippen molar-refractivity contribution in [3.63, 3.8) is 0 Å². The molecule has 33 heavy (non-hydrogen) atoms. The van der Waals surface area contributed by atoms with E-state index in [-0.39, 0.29) is 29.7 Å². The Bertz CT molecular complexity index is 1130. The van der Waals surface area contributed by atoms with Crippen molar-refractivity contribution in [1.82, 2.24) is 9.62 Å². The summed E-state index contributed by atoms with van der Waals surface area (Å²) in [7, 11) is -3.09. The summed E-state index contributed by atoms with van der Waals surface area (Å²) < 4.78 is 70.9. The standard InChI is InChI=1S/C23H28F3N3O3S/c1-23(2,3)32-22(30)29-9-8-19(28-33(4,27)31)20(29)12-14-6-5-7-18(21(14)26)15-10-16(24)13-17(25)11-15/h5-7,10-11,13,19-20H,8-9,12H2,1-4H3,(H2,27,28,31)/t19-,20-,33?/m0/s1. The monoisotopic (exact) mass is 483 g/mol. The Morgan fingerprint density at radius 3 is 2.42 bits per heavy atom. The molecule has 1 amide bonds. The maximum Gasteiger partial charge on any atom is 0.410 e. The molecule has 3 atom stereocenters. The van der Waals surface area contributed by atoms with Gasteiger partial charge in [0.2, 0.25) is 0 Å². The molecule has 0 aliphatic carbocycles. The number of nitrogens with zero attached hydrogens (tertiary/aromatic N) is 1. The number of ether oxygens (including phenoxy) is 1. The minimum atomic E-state index is -3.09. The fourth-order valence-electron chi connectivity index (χ4n) is 3.97. The highest BCUT2D eigenvalue weighted by molar-refractivity contribution is 7.89. The highest BCUT2D eigenvalue weighted by atomic mass is 32.2. The van der Waals surface area contributed by atoms with E-state index in [2.05, 4.69) is 4.72 Å². The Kier molecular flexibility index (Phi) is 7.09. The largest absolute Gasteiger partial charge is 0.444 e. The first kappa shape index (κ1) is 25.0. The topological polar surface area (TPSA) is 82.5 Å². The molecular formula is C23H28F3N3O3S. The third-order valence-corrected chi connectivity index (χ3v) is 5.98. The van der Waals surface area contributed by atoms with Gasteiger partial charge in [-0.3, -0.25) is 0 Å². The molecule has 0 radical (unpaired) electrons. The predicted octanol–water partition coefficient (Wildman–Crippen LogP) is 4.87. The van der Waals surface area contributed by atoms with Crippen molar-refractivity contribution >= 4 is 16.0 Å². The molecule has 6 nitrogen and oxygen atoms in total. The van der Waals surface area contributed by atoms with E-state index in [0.29, 0.717) is 12.5 Å². The Morgan fingerprint density at radius 1 is 1.21 bits per heavy atom. The summed E-state index contributed by atoms with van der Waals surface area (Å²) in [5, 5.41) is 0. The molecule has 2 aromatic carbocycles. The van der Waals surface area contributed by atoms with Crippen LogP contribution in [0.2, 0.25) is 0 Å². The van der Waals surface area contributed by atoms with Crippen LogP contribution in [0.5, 0.6) is 0 Å². The lowest BCUT2D eigenvalue weighted by molar-refractivity contribution is 0.0218. The Morgan fingerprint density at radius 2 is 1.85 bits per heavy atom. The molecule has 10 heteroatoms. The average Bonchev–Trinajstić information content (AvgIpc) is 3.02. The smallest absolute Gasteiger partial charge is 0.410 e. The van der Waals surface area contributed by atoms with Crippen LogP contribution in [0.25, 0.3) is 11.1 Å². The van der Waals surface area contributed by atoms with Gasteiger partial charge in [0.05, 0.1) is 6.04 Å². The lowest BCUT2D eigenvalue weighted by Crippen LogP contribution is -2.48. The van der Waals surface area contributed by atoms with Gasteiger partial charge in [0, 0.05) is 30.5 Å². The molecule has 0 bridgehead atoms. The summed E-state index contributed by atoms with van der Waals surface area (Å²) in [4.78, 5) is 14.2. The zero-order chi connectivity index (χ0) is 24.6. The van der Waals surface area contributed by atoms with E-state index >= 15 is 4.39 Å². The molecule has 3 rings (SSSR count). The fraction of sp³-hybridized carbons (Fsp3) is 0.435. The number of benzene rings is 2. The van der Waals surface area contributed by atoms with Crippen LogP contribution >= 0.6 is 0 Å². The maximum absolute atomic E-state index is 15.4. The van der Waals surface area contributed by atoms with Gasteiger partial charge in [-0.05, 0) is 56.9 Å². The molecular weight excluding hydrogens is 455 g/mol. The van der Waals surface area contributed by atoms with Gasteiger partial charge in [-0.1, -0.05) is 18.2 Å². The number of carbonyl (C=O) groups excluding carboxylic acids is 1. The molecule has 1 aliphatic rings. The van der Waals surface area contributed by atoms with Crippen LogP contribution in [-0.4, -0.2) is 45.7 Å². The van der Waals surface area contributed by atoms with Crippen molar-refractivity contribution < 1.29 is 26.9 Å². The van der Waals surface area contributed by atoms with Crippen LogP contribution in [-0.2, 0) is 21.1 Å². The Hall–Kier alpha value is -2.59. The predicted molar refractivity (Wildman–Crippen MR) is 121 cm³/mol. The van der Waals surface area contributed by atoms with Gasteiger partial charge < -0.3 is 9.64 Å². The van der Waals surface area contributed by atoms with Gasteiger partial charge in [0.15, 0.2) is 0 Å². The number of carbonyl (C=O) groups is 1. The highest BCUT2D eigenvalue weighted by Gasteiger charge is 2.40. The lowest BCUT2D eigenvalue weighted by Gasteiger charge is -2.31. The van der Waals surface area contributed by atoms with Crippen LogP contribution in [0.1, 0.15) is 32.8 Å². The van der Waals surface area contributed by atoms with Gasteiger partial charge in [-0.2, -0.15) is 0 Å². The van der Waals surface area contributed by atoms with Crippen molar-refractivity contribution in [3.8, 4) is 11.1 Å². The summed E-state index contributed by atoms with van der Waals surface area (Å²) in [6, 6.07) is 6.16. The molecule has 2 aromatic rings. The molecule has 1 aliphatic heterocycles. The molecule has 1 saturated heterocycles. The van der Waals surface area contributed by atoms with Crippen molar-refractivity contribution in [1.29, 1.82) is 4.78 Å². The number of likely N-dealkylation sites (tertiary alicyclic amines) is 1. The van der Waals surface area contributed by atoms with E-state index in [4.69, 9.17) is 9.52 Å². The second kappa shape index (κ2) is 9.34. The van der Waals surface area contributed by atoms with E-state index in [9.17, 15) is 17.8 Å². The summed E-state index contributed by atoms with van der Waals surface area (Å²) >= 11 is 0. The zero-order valence-corrected chi connectivity index (χ0v) is 19.8. The minimum absolute atomic E-state index is 0.0250. The highest BCUT2D eigenvalue weighted by Crippen LogP contribution is 2.30. The van der Waals surface area contributed by atoms with Crippen LogP contribution < -0.4 is 4.72 Å². The number of nitrogens with one attached hydrogen (secondary N) is 2. The summed E-state index contributed by atoms with van der Waals surface area (Å²) in [5.41, 5.74) is -0.443. The van der Waals surface area contributed by atoms with Gasteiger partial charge in [-0.15, -0.1) is 0 Å². The van der Waals surface area contributed by atoms with Gasteiger partial charge >= 0.3 is 6.09 Å². The molecule has 0 spiro atoms. The molecule has 0 aromatic heterocycles. The van der Waals surface area contributed by atoms with Crippen LogP contribution in [0, 0.1) is 22.2 Å². The van der Waals surface area contributed by atoms with E-state index in [0.717, 1.165) is 12.1 Å². The second-order valence-corrected chi connectivity index (χ2v) is 11.2. The van der Waals surface area contributed by atoms with Crippen molar-refractivity contribution in [2.24, 2.45) is 0 Å². The first-order valence-corrected chi connectivity index (χ1v) is 12.4. The number of amides is 1. The van der Waals surface area contributed by atoms with Crippen LogP contribution in [0.15, 0.2) is 36.4 Å². The lowest BCUT2D eigenvalue weighted by atomic mass is 9.96.